The monoisotopic (exact) mass is 427 g/mol. The van der Waals surface area contributed by atoms with Gasteiger partial charge in [0.05, 0.1) is 16.6 Å². The number of aromatic amines is 1. The predicted octanol–water partition coefficient (Wildman–Crippen LogP) is 5.31. The van der Waals surface area contributed by atoms with Crippen LogP contribution in [0, 0.1) is 24.1 Å². The minimum absolute atomic E-state index is 0.146. The number of aromatic nitrogens is 3. The third-order valence-electron chi connectivity index (χ3n) is 6.08. The first-order chi connectivity index (χ1) is 15.6. The zero-order chi connectivity index (χ0) is 22.2. The lowest BCUT2D eigenvalue weighted by molar-refractivity contribution is 0.469. The van der Waals surface area contributed by atoms with Gasteiger partial charge >= 0.3 is 0 Å². The summed E-state index contributed by atoms with van der Waals surface area (Å²) in [6, 6.07) is 14.2. The van der Waals surface area contributed by atoms with Crippen molar-refractivity contribution >= 4 is 16.7 Å². The van der Waals surface area contributed by atoms with Crippen molar-refractivity contribution in [3.05, 3.63) is 59.5 Å². The summed E-state index contributed by atoms with van der Waals surface area (Å²) in [6.45, 7) is 3.98. The van der Waals surface area contributed by atoms with Crippen LogP contribution in [0.2, 0.25) is 0 Å². The number of nitriles is 1. The van der Waals surface area contributed by atoms with Crippen LogP contribution in [0.1, 0.15) is 30.5 Å². The number of phenols is 1. The van der Waals surface area contributed by atoms with E-state index in [4.69, 9.17) is 0 Å². The van der Waals surface area contributed by atoms with Gasteiger partial charge < -0.3 is 10.0 Å². The largest absolute Gasteiger partial charge is 0.508 e. The van der Waals surface area contributed by atoms with Gasteiger partial charge in [-0.1, -0.05) is 12.1 Å². The third-order valence-corrected chi connectivity index (χ3v) is 6.08. The van der Waals surface area contributed by atoms with E-state index in [1.54, 1.807) is 0 Å². The van der Waals surface area contributed by atoms with Crippen LogP contribution in [-0.2, 0) is 0 Å². The van der Waals surface area contributed by atoms with Crippen LogP contribution in [0.4, 0.5) is 10.1 Å². The van der Waals surface area contributed by atoms with Crippen LogP contribution >= 0.6 is 0 Å². The van der Waals surface area contributed by atoms with Crippen molar-refractivity contribution in [3.8, 4) is 34.2 Å². The molecule has 32 heavy (non-hydrogen) atoms. The van der Waals surface area contributed by atoms with Gasteiger partial charge in [-0.25, -0.2) is 9.37 Å². The average molecular weight is 427 g/mol. The molecule has 2 aromatic carbocycles. The number of pyridine rings is 1. The van der Waals surface area contributed by atoms with E-state index in [0.29, 0.717) is 11.2 Å². The van der Waals surface area contributed by atoms with Crippen molar-refractivity contribution in [2.45, 2.75) is 26.2 Å². The summed E-state index contributed by atoms with van der Waals surface area (Å²) in [7, 11) is 0. The second-order valence-electron chi connectivity index (χ2n) is 8.13. The van der Waals surface area contributed by atoms with Gasteiger partial charge in [-0.3, -0.25) is 5.10 Å². The summed E-state index contributed by atoms with van der Waals surface area (Å²) in [5, 5.41) is 27.7. The summed E-state index contributed by atoms with van der Waals surface area (Å²) >= 11 is 0. The number of phenolic OH excluding ortho intramolecular Hbond substituents is 1. The number of hydrogen-bond acceptors (Lipinski definition) is 5. The van der Waals surface area contributed by atoms with Gasteiger partial charge in [0.2, 0.25) is 0 Å². The first-order valence-corrected chi connectivity index (χ1v) is 10.7. The molecule has 1 saturated heterocycles. The molecule has 0 saturated carbocycles. The van der Waals surface area contributed by atoms with E-state index in [2.05, 4.69) is 38.3 Å². The van der Waals surface area contributed by atoms with E-state index >= 15 is 0 Å². The van der Waals surface area contributed by atoms with Gasteiger partial charge in [0, 0.05) is 41.7 Å². The summed E-state index contributed by atoms with van der Waals surface area (Å²) < 4.78 is 14.7. The zero-order valence-electron chi connectivity index (χ0n) is 17.7. The number of hydrogen-bond donors (Lipinski definition) is 2. The van der Waals surface area contributed by atoms with Gasteiger partial charge in [0.15, 0.2) is 5.65 Å². The standard InChI is InChI=1S/C25H22FN5O/c1-15-22-23(16-5-7-17(8-6-16)31-11-3-2-4-12-31)20(14-27)24(28-25(22)30-29-15)19-10-9-18(32)13-21(19)26/h5-10,13,32H,2-4,11-12H2,1H3,(H,28,29,30). The van der Waals surface area contributed by atoms with E-state index in [1.807, 2.05) is 19.1 Å². The molecule has 0 radical (unpaired) electrons. The highest BCUT2D eigenvalue weighted by Gasteiger charge is 2.23. The fourth-order valence-corrected chi connectivity index (χ4v) is 4.48. The lowest BCUT2D eigenvalue weighted by atomic mass is 9.93. The van der Waals surface area contributed by atoms with E-state index in [1.165, 1.54) is 31.4 Å². The van der Waals surface area contributed by atoms with Crippen molar-refractivity contribution in [1.82, 2.24) is 15.2 Å². The van der Waals surface area contributed by atoms with Gasteiger partial charge in [-0.2, -0.15) is 10.4 Å². The fraction of sp³-hybridized carbons (Fsp3) is 0.240. The van der Waals surface area contributed by atoms with Gasteiger partial charge in [-0.05, 0) is 56.0 Å². The summed E-state index contributed by atoms with van der Waals surface area (Å²) in [5.74, 6) is -0.832. The van der Waals surface area contributed by atoms with E-state index in [9.17, 15) is 14.8 Å². The molecule has 5 rings (SSSR count). The Kier molecular flexibility index (Phi) is 4.98. The lowest BCUT2D eigenvalue weighted by Crippen LogP contribution is -2.29. The number of aryl methyl sites for hydroxylation is 1. The molecule has 1 aliphatic heterocycles. The Labute approximate surface area is 185 Å². The van der Waals surface area contributed by atoms with Crippen LogP contribution in [-0.4, -0.2) is 33.4 Å². The van der Waals surface area contributed by atoms with E-state index < -0.39 is 5.82 Å². The maximum atomic E-state index is 14.7. The van der Waals surface area contributed by atoms with Gasteiger partial charge in [-0.15, -0.1) is 0 Å². The number of benzene rings is 2. The molecule has 1 fully saturated rings. The Balaban J connectivity index is 1.71. The van der Waals surface area contributed by atoms with Crippen LogP contribution in [0.3, 0.4) is 0 Å². The number of rotatable bonds is 3. The smallest absolute Gasteiger partial charge is 0.182 e. The average Bonchev–Trinajstić information content (AvgIpc) is 3.19. The highest BCUT2D eigenvalue weighted by atomic mass is 19.1. The molecule has 0 atom stereocenters. The maximum Gasteiger partial charge on any atom is 0.182 e. The highest BCUT2D eigenvalue weighted by molar-refractivity contribution is 6.00. The molecule has 6 nitrogen and oxygen atoms in total. The maximum absolute atomic E-state index is 14.7. The number of anilines is 1. The highest BCUT2D eigenvalue weighted by Crippen LogP contribution is 2.39. The first-order valence-electron chi connectivity index (χ1n) is 10.7. The molecule has 3 heterocycles. The predicted molar refractivity (Wildman–Crippen MR) is 122 cm³/mol. The second-order valence-corrected chi connectivity index (χ2v) is 8.13. The minimum Gasteiger partial charge on any atom is -0.508 e. The van der Waals surface area contributed by atoms with Crippen molar-refractivity contribution in [2.24, 2.45) is 0 Å². The van der Waals surface area contributed by atoms with Crippen LogP contribution < -0.4 is 4.90 Å². The minimum atomic E-state index is -0.646. The SMILES string of the molecule is Cc1[nH]nc2nc(-c3ccc(O)cc3F)c(C#N)c(-c3ccc(N4CCCCC4)cc3)c12. The molecular weight excluding hydrogens is 405 g/mol. The Morgan fingerprint density at radius 2 is 1.84 bits per heavy atom. The fourth-order valence-electron chi connectivity index (χ4n) is 4.48. The Morgan fingerprint density at radius 3 is 2.53 bits per heavy atom. The number of H-pyrrole nitrogens is 1. The number of piperidine rings is 1. The molecule has 0 spiro atoms. The number of nitrogens with zero attached hydrogens (tertiary/aromatic N) is 4. The number of aromatic hydroxyl groups is 1. The number of fused-ring (bicyclic) bond motifs is 1. The van der Waals surface area contributed by atoms with Crippen molar-refractivity contribution in [3.63, 3.8) is 0 Å². The van der Waals surface area contributed by atoms with Crippen LogP contribution in [0.5, 0.6) is 5.75 Å². The molecular formula is C25H22FN5O. The normalized spacial score (nSPS) is 14.0. The summed E-state index contributed by atoms with van der Waals surface area (Å²) in [5.41, 5.74) is 4.52. The van der Waals surface area contributed by atoms with Crippen LogP contribution in [0.25, 0.3) is 33.4 Å². The molecule has 0 unspecified atom stereocenters. The van der Waals surface area contributed by atoms with E-state index in [-0.39, 0.29) is 22.6 Å². The molecule has 0 bridgehead atoms. The molecule has 0 aliphatic carbocycles. The van der Waals surface area contributed by atoms with Crippen LogP contribution in [0.15, 0.2) is 42.5 Å². The summed E-state index contributed by atoms with van der Waals surface area (Å²) in [6.07, 6.45) is 3.66. The van der Waals surface area contributed by atoms with E-state index in [0.717, 1.165) is 41.5 Å². The third kappa shape index (κ3) is 3.34. The van der Waals surface area contributed by atoms with Gasteiger partial charge in [0.1, 0.15) is 17.6 Å². The van der Waals surface area contributed by atoms with Crippen molar-refractivity contribution in [2.75, 3.05) is 18.0 Å². The molecule has 4 aromatic rings. The molecule has 0 amide bonds. The number of halogens is 1. The molecule has 160 valence electrons. The molecule has 2 aromatic heterocycles. The first kappa shape index (κ1) is 20.0. The van der Waals surface area contributed by atoms with Crippen molar-refractivity contribution in [1.29, 1.82) is 5.26 Å². The summed E-state index contributed by atoms with van der Waals surface area (Å²) in [4.78, 5) is 6.89. The molecule has 2 N–H and O–H groups in total. The lowest BCUT2D eigenvalue weighted by Gasteiger charge is -2.29. The quantitative estimate of drug-likeness (QED) is 0.463. The Morgan fingerprint density at radius 1 is 1.09 bits per heavy atom. The second kappa shape index (κ2) is 7.97. The topological polar surface area (TPSA) is 88.8 Å². The molecule has 7 heteroatoms. The Bertz CT molecular complexity index is 1350. The Hall–Kier alpha value is -3.92. The van der Waals surface area contributed by atoms with Crippen molar-refractivity contribution < 1.29 is 9.50 Å². The zero-order valence-corrected chi connectivity index (χ0v) is 17.7. The van der Waals surface area contributed by atoms with Gasteiger partial charge in [0.25, 0.3) is 0 Å². The number of nitrogens with one attached hydrogen (secondary N) is 1. The molecule has 1 aliphatic rings.